The first kappa shape index (κ1) is 16.8. The number of rotatable bonds is 5. The third-order valence-corrected chi connectivity index (χ3v) is 4.46. The van der Waals surface area contributed by atoms with Gasteiger partial charge in [0.15, 0.2) is 5.82 Å². The van der Waals surface area contributed by atoms with Crippen molar-refractivity contribution in [1.29, 1.82) is 0 Å². The predicted molar refractivity (Wildman–Crippen MR) is 108 cm³/mol. The van der Waals surface area contributed by atoms with Gasteiger partial charge in [0.25, 0.3) is 0 Å². The lowest BCUT2D eigenvalue weighted by molar-refractivity contribution is 0.415. The van der Waals surface area contributed by atoms with E-state index in [2.05, 4.69) is 51.9 Å². The van der Waals surface area contributed by atoms with E-state index in [4.69, 9.17) is 4.74 Å². The Hall–Kier alpha value is -3.60. The largest absolute Gasteiger partial charge is 0.497 e. The number of para-hydroxylation sites is 1. The molecule has 4 aromatic rings. The molecule has 27 heavy (non-hydrogen) atoms. The van der Waals surface area contributed by atoms with Crippen molar-refractivity contribution < 1.29 is 4.74 Å². The second-order valence-corrected chi connectivity index (χ2v) is 6.24. The number of hydrogen-bond donors (Lipinski definition) is 1. The molecular formula is C22H20N4O. The van der Waals surface area contributed by atoms with E-state index in [0.717, 1.165) is 39.6 Å². The second-order valence-electron chi connectivity index (χ2n) is 6.24. The molecule has 0 unspecified atom stereocenters. The maximum Gasteiger partial charge on any atom is 0.163 e. The van der Waals surface area contributed by atoms with Crippen LogP contribution in [0.2, 0.25) is 0 Å². The van der Waals surface area contributed by atoms with Crippen molar-refractivity contribution in [2.75, 3.05) is 12.4 Å². The number of hydrogen-bond acceptors (Lipinski definition) is 4. The summed E-state index contributed by atoms with van der Waals surface area (Å²) >= 11 is 0. The van der Waals surface area contributed by atoms with E-state index in [9.17, 15) is 0 Å². The number of benzene rings is 3. The van der Waals surface area contributed by atoms with Gasteiger partial charge in [0.2, 0.25) is 0 Å². The van der Waals surface area contributed by atoms with Gasteiger partial charge in [-0.1, -0.05) is 30.3 Å². The molecular weight excluding hydrogens is 336 g/mol. The molecule has 0 fully saturated rings. The fourth-order valence-corrected chi connectivity index (χ4v) is 3.02. The number of aryl methyl sites for hydroxylation is 1. The van der Waals surface area contributed by atoms with Gasteiger partial charge in [0, 0.05) is 29.5 Å². The molecule has 0 amide bonds. The molecule has 5 nitrogen and oxygen atoms in total. The highest BCUT2D eigenvalue weighted by Gasteiger charge is 2.07. The third kappa shape index (κ3) is 3.53. The SMILES string of the molecule is COc1ccc(-c2ccccc2Nc2ccc(-c3nncn3C)cc2)cc1. The van der Waals surface area contributed by atoms with Gasteiger partial charge in [0.05, 0.1) is 7.11 Å². The Labute approximate surface area is 158 Å². The van der Waals surface area contributed by atoms with Gasteiger partial charge in [0.1, 0.15) is 12.1 Å². The van der Waals surface area contributed by atoms with Crippen molar-refractivity contribution in [2.45, 2.75) is 0 Å². The summed E-state index contributed by atoms with van der Waals surface area (Å²) in [5, 5.41) is 11.6. The molecule has 0 spiro atoms. The number of methoxy groups -OCH3 is 1. The molecule has 0 saturated carbocycles. The lowest BCUT2D eigenvalue weighted by Crippen LogP contribution is -1.95. The van der Waals surface area contributed by atoms with Gasteiger partial charge in [-0.3, -0.25) is 0 Å². The summed E-state index contributed by atoms with van der Waals surface area (Å²) in [6.45, 7) is 0. The number of nitrogens with zero attached hydrogens (tertiary/aromatic N) is 3. The number of nitrogens with one attached hydrogen (secondary N) is 1. The van der Waals surface area contributed by atoms with E-state index in [0.29, 0.717) is 0 Å². The standard InChI is InChI=1S/C22H20N4O/c1-26-15-23-25-22(26)17-7-11-18(12-8-17)24-21-6-4-3-5-20(21)16-9-13-19(27-2)14-10-16/h3-15,24H,1-2H3. The molecule has 0 atom stereocenters. The lowest BCUT2D eigenvalue weighted by Gasteiger charge is -2.13. The van der Waals surface area contributed by atoms with Crippen molar-refractivity contribution in [3.63, 3.8) is 0 Å². The fourth-order valence-electron chi connectivity index (χ4n) is 3.02. The molecule has 3 aromatic carbocycles. The number of aromatic nitrogens is 3. The van der Waals surface area contributed by atoms with E-state index in [1.54, 1.807) is 13.4 Å². The van der Waals surface area contributed by atoms with E-state index in [-0.39, 0.29) is 0 Å². The number of anilines is 2. The Bertz CT molecular complexity index is 1040. The summed E-state index contributed by atoms with van der Waals surface area (Å²) in [4.78, 5) is 0. The first-order valence-electron chi connectivity index (χ1n) is 8.69. The molecule has 134 valence electrons. The van der Waals surface area contributed by atoms with Crippen LogP contribution in [0, 0.1) is 0 Å². The van der Waals surface area contributed by atoms with Crippen LogP contribution in [0.3, 0.4) is 0 Å². The van der Waals surface area contributed by atoms with Gasteiger partial charge < -0.3 is 14.6 Å². The zero-order chi connectivity index (χ0) is 18.6. The van der Waals surface area contributed by atoms with Crippen molar-refractivity contribution in [2.24, 2.45) is 7.05 Å². The molecule has 0 bridgehead atoms. The molecule has 0 aliphatic rings. The topological polar surface area (TPSA) is 52.0 Å². The van der Waals surface area contributed by atoms with E-state index < -0.39 is 0 Å². The van der Waals surface area contributed by atoms with Crippen molar-refractivity contribution in [1.82, 2.24) is 14.8 Å². The van der Waals surface area contributed by atoms with Crippen molar-refractivity contribution in [3.05, 3.63) is 79.1 Å². The molecule has 0 aliphatic carbocycles. The first-order chi connectivity index (χ1) is 13.2. The van der Waals surface area contributed by atoms with Crippen LogP contribution in [0.15, 0.2) is 79.1 Å². The van der Waals surface area contributed by atoms with E-state index >= 15 is 0 Å². The lowest BCUT2D eigenvalue weighted by atomic mass is 10.0. The van der Waals surface area contributed by atoms with Crippen LogP contribution in [-0.4, -0.2) is 21.9 Å². The van der Waals surface area contributed by atoms with E-state index in [1.807, 2.05) is 48.0 Å². The van der Waals surface area contributed by atoms with Gasteiger partial charge in [-0.05, 0) is 48.0 Å². The maximum atomic E-state index is 5.25. The van der Waals surface area contributed by atoms with Crippen LogP contribution in [0.4, 0.5) is 11.4 Å². The quantitative estimate of drug-likeness (QED) is 0.552. The normalized spacial score (nSPS) is 10.6. The minimum absolute atomic E-state index is 0.847. The highest BCUT2D eigenvalue weighted by molar-refractivity contribution is 5.81. The average molecular weight is 356 g/mol. The van der Waals surface area contributed by atoms with Gasteiger partial charge in [-0.15, -0.1) is 10.2 Å². The molecule has 1 heterocycles. The summed E-state index contributed by atoms with van der Waals surface area (Å²) in [5.74, 6) is 1.70. The molecule has 5 heteroatoms. The minimum Gasteiger partial charge on any atom is -0.497 e. The third-order valence-electron chi connectivity index (χ3n) is 4.46. The predicted octanol–water partition coefficient (Wildman–Crippen LogP) is 4.90. The van der Waals surface area contributed by atoms with Crippen LogP contribution in [0.5, 0.6) is 5.75 Å². The number of ether oxygens (including phenoxy) is 1. The monoisotopic (exact) mass is 356 g/mol. The Morgan fingerprint density at radius 3 is 2.22 bits per heavy atom. The van der Waals surface area contributed by atoms with Crippen LogP contribution in [-0.2, 0) is 7.05 Å². The summed E-state index contributed by atoms with van der Waals surface area (Å²) in [6.07, 6.45) is 1.70. The smallest absolute Gasteiger partial charge is 0.163 e. The Balaban J connectivity index is 1.60. The summed E-state index contributed by atoms with van der Waals surface area (Å²) in [7, 11) is 3.61. The molecule has 4 rings (SSSR count). The molecule has 0 radical (unpaired) electrons. The van der Waals surface area contributed by atoms with Gasteiger partial charge in [-0.2, -0.15) is 0 Å². The zero-order valence-electron chi connectivity index (χ0n) is 15.3. The van der Waals surface area contributed by atoms with E-state index in [1.165, 1.54) is 0 Å². The fraction of sp³-hybridized carbons (Fsp3) is 0.0909. The van der Waals surface area contributed by atoms with Crippen molar-refractivity contribution >= 4 is 11.4 Å². The van der Waals surface area contributed by atoms with Gasteiger partial charge in [-0.25, -0.2) is 0 Å². The van der Waals surface area contributed by atoms with Crippen molar-refractivity contribution in [3.8, 4) is 28.3 Å². The minimum atomic E-state index is 0.847. The molecule has 0 aliphatic heterocycles. The highest BCUT2D eigenvalue weighted by atomic mass is 16.5. The Morgan fingerprint density at radius 1 is 0.852 bits per heavy atom. The van der Waals surface area contributed by atoms with Crippen LogP contribution >= 0.6 is 0 Å². The van der Waals surface area contributed by atoms with Crippen LogP contribution in [0.25, 0.3) is 22.5 Å². The maximum absolute atomic E-state index is 5.25. The van der Waals surface area contributed by atoms with Gasteiger partial charge >= 0.3 is 0 Å². The van der Waals surface area contributed by atoms with Crippen LogP contribution < -0.4 is 10.1 Å². The summed E-state index contributed by atoms with van der Waals surface area (Å²) in [5.41, 5.74) is 5.37. The highest BCUT2D eigenvalue weighted by Crippen LogP contribution is 2.31. The first-order valence-corrected chi connectivity index (χ1v) is 8.69. The zero-order valence-corrected chi connectivity index (χ0v) is 15.3. The Kier molecular flexibility index (Phi) is 4.58. The summed E-state index contributed by atoms with van der Waals surface area (Å²) < 4.78 is 7.16. The molecule has 1 aromatic heterocycles. The molecule has 0 saturated heterocycles. The average Bonchev–Trinajstić information content (AvgIpc) is 3.15. The molecule has 1 N–H and O–H groups in total. The summed E-state index contributed by atoms with van der Waals surface area (Å²) in [6, 6.07) is 24.5. The Morgan fingerprint density at radius 2 is 1.56 bits per heavy atom. The second kappa shape index (κ2) is 7.33. The van der Waals surface area contributed by atoms with Crippen LogP contribution in [0.1, 0.15) is 0 Å².